The van der Waals surface area contributed by atoms with Crippen molar-refractivity contribution >= 4 is 41.5 Å². The fourth-order valence-corrected chi connectivity index (χ4v) is 9.78. The lowest BCUT2D eigenvalue weighted by atomic mass is 9.67. The van der Waals surface area contributed by atoms with Gasteiger partial charge < -0.3 is 4.57 Å². The zero-order valence-electron chi connectivity index (χ0n) is 16.2. The Bertz CT molecular complexity index is 1110. The van der Waals surface area contributed by atoms with Crippen molar-refractivity contribution in [2.75, 3.05) is 11.1 Å². The van der Waals surface area contributed by atoms with Crippen LogP contribution in [0.2, 0.25) is 0 Å². The van der Waals surface area contributed by atoms with Gasteiger partial charge in [0.1, 0.15) is 7.14 Å². The Morgan fingerprint density at radius 3 is 2.34 bits per heavy atom. The summed E-state index contributed by atoms with van der Waals surface area (Å²) in [6.07, 6.45) is 2.11. The Balaban J connectivity index is 1.66. The summed E-state index contributed by atoms with van der Waals surface area (Å²) in [5.74, 6) is -1.73. The van der Waals surface area contributed by atoms with E-state index in [1.165, 1.54) is 4.90 Å². The molecular weight excluding hydrogens is 405 g/mol. The van der Waals surface area contributed by atoms with E-state index in [0.29, 0.717) is 16.9 Å². The van der Waals surface area contributed by atoms with E-state index >= 15 is 0 Å². The molecule has 6 heteroatoms. The molecule has 0 spiro atoms. The van der Waals surface area contributed by atoms with Crippen LogP contribution in [0.4, 0.5) is 5.69 Å². The molecule has 2 amide bonds. The minimum Gasteiger partial charge on any atom is -0.318 e. The average molecular weight is 426 g/mol. The van der Waals surface area contributed by atoms with Crippen LogP contribution in [-0.2, 0) is 14.2 Å². The summed E-state index contributed by atoms with van der Waals surface area (Å²) in [6.45, 7) is 3.87. The number of imide groups is 1. The molecule has 2 fully saturated rings. The Labute approximate surface area is 174 Å². The van der Waals surface area contributed by atoms with Gasteiger partial charge in [-0.05, 0) is 19.1 Å². The van der Waals surface area contributed by atoms with Gasteiger partial charge in [-0.15, -0.1) is 0 Å². The molecule has 3 aliphatic heterocycles. The first-order valence-corrected chi connectivity index (χ1v) is 12.1. The number of anilines is 1. The SMILES string of the molecule is Cc1ccc(P2(=O)CC3(C)C(Cl)=CC2[C@H]2C(=O)N(c4ccccc4)C(=O)[C@H]23)cc1. The number of benzene rings is 2. The van der Waals surface area contributed by atoms with E-state index in [1.54, 1.807) is 30.3 Å². The van der Waals surface area contributed by atoms with Crippen LogP contribution < -0.4 is 10.2 Å². The van der Waals surface area contributed by atoms with Gasteiger partial charge in [-0.25, -0.2) is 4.90 Å². The number of allylic oxidation sites excluding steroid dienone is 2. The lowest BCUT2D eigenvalue weighted by molar-refractivity contribution is -0.123. The molecule has 2 bridgehead atoms. The predicted molar refractivity (Wildman–Crippen MR) is 115 cm³/mol. The molecule has 3 heterocycles. The summed E-state index contributed by atoms with van der Waals surface area (Å²) in [4.78, 5) is 28.2. The maximum Gasteiger partial charge on any atom is 0.238 e. The smallest absolute Gasteiger partial charge is 0.238 e. The summed E-state index contributed by atoms with van der Waals surface area (Å²) in [7, 11) is -2.96. The molecule has 148 valence electrons. The van der Waals surface area contributed by atoms with Crippen molar-refractivity contribution in [1.29, 1.82) is 0 Å². The number of carbonyl (C=O) groups is 2. The van der Waals surface area contributed by atoms with E-state index in [4.69, 9.17) is 11.6 Å². The van der Waals surface area contributed by atoms with Crippen LogP contribution in [0.3, 0.4) is 0 Å². The second-order valence-electron chi connectivity index (χ2n) is 8.56. The third-order valence-electron chi connectivity index (χ3n) is 6.80. The van der Waals surface area contributed by atoms with Gasteiger partial charge in [-0.3, -0.25) is 9.59 Å². The molecule has 2 aromatic rings. The monoisotopic (exact) mass is 425 g/mol. The number of nitrogens with zero attached hydrogens (tertiary/aromatic N) is 1. The molecule has 2 saturated heterocycles. The Kier molecular flexibility index (Phi) is 4.01. The van der Waals surface area contributed by atoms with Crippen molar-refractivity contribution in [3.63, 3.8) is 0 Å². The Morgan fingerprint density at radius 2 is 1.69 bits per heavy atom. The first-order chi connectivity index (χ1) is 13.8. The second-order valence-corrected chi connectivity index (χ2v) is 12.0. The highest BCUT2D eigenvalue weighted by Gasteiger charge is 2.69. The molecule has 0 radical (unpaired) electrons. The van der Waals surface area contributed by atoms with E-state index in [0.717, 1.165) is 10.9 Å². The zero-order chi connectivity index (χ0) is 20.6. The van der Waals surface area contributed by atoms with Crippen molar-refractivity contribution < 1.29 is 14.2 Å². The number of hydrogen-bond acceptors (Lipinski definition) is 3. The summed E-state index contributed by atoms with van der Waals surface area (Å²) >= 11 is 6.63. The normalized spacial score (nSPS) is 35.6. The van der Waals surface area contributed by atoms with Crippen LogP contribution in [0.25, 0.3) is 0 Å². The van der Waals surface area contributed by atoms with Crippen LogP contribution in [0.5, 0.6) is 0 Å². The Hall–Kier alpha value is -2.16. The third kappa shape index (κ3) is 2.42. The summed E-state index contributed by atoms with van der Waals surface area (Å²) < 4.78 is 14.3. The second kappa shape index (κ2) is 6.17. The fourth-order valence-electron chi connectivity index (χ4n) is 5.34. The quantitative estimate of drug-likeness (QED) is 0.532. The van der Waals surface area contributed by atoms with Gasteiger partial charge in [0.2, 0.25) is 11.8 Å². The summed E-state index contributed by atoms with van der Waals surface area (Å²) in [5.41, 5.74) is 0.288. The highest BCUT2D eigenvalue weighted by atomic mass is 35.5. The molecule has 4 aliphatic rings. The Morgan fingerprint density at radius 1 is 1.03 bits per heavy atom. The van der Waals surface area contributed by atoms with Crippen LogP contribution >= 0.6 is 18.7 Å². The largest absolute Gasteiger partial charge is 0.318 e. The third-order valence-corrected chi connectivity index (χ3v) is 11.1. The topological polar surface area (TPSA) is 54.5 Å². The molecule has 6 rings (SSSR count). The van der Waals surface area contributed by atoms with E-state index in [2.05, 4.69) is 0 Å². The van der Waals surface area contributed by atoms with Gasteiger partial charge in [0.25, 0.3) is 0 Å². The first kappa shape index (κ1) is 18.8. The number of amides is 2. The first-order valence-electron chi connectivity index (χ1n) is 9.74. The van der Waals surface area contributed by atoms with Gasteiger partial charge in [0.15, 0.2) is 0 Å². The molecule has 2 aromatic carbocycles. The fraction of sp³-hybridized carbons (Fsp3) is 0.304. The molecule has 5 atom stereocenters. The van der Waals surface area contributed by atoms with Gasteiger partial charge in [0.05, 0.1) is 17.5 Å². The van der Waals surface area contributed by atoms with Crippen molar-refractivity contribution in [3.8, 4) is 0 Å². The minimum absolute atomic E-state index is 0.236. The highest BCUT2D eigenvalue weighted by Crippen LogP contribution is 2.71. The number of hydrogen-bond donors (Lipinski definition) is 0. The summed E-state index contributed by atoms with van der Waals surface area (Å²) in [6, 6.07) is 16.6. The van der Waals surface area contributed by atoms with Crippen LogP contribution in [0.1, 0.15) is 12.5 Å². The van der Waals surface area contributed by atoms with Crippen LogP contribution in [0, 0.1) is 24.2 Å². The number of carbonyl (C=O) groups excluding carboxylic acids is 2. The number of rotatable bonds is 2. The maximum absolute atomic E-state index is 14.3. The number of para-hydroxylation sites is 1. The van der Waals surface area contributed by atoms with Crippen LogP contribution in [-0.4, -0.2) is 23.6 Å². The average Bonchev–Trinajstić information content (AvgIpc) is 2.97. The maximum atomic E-state index is 14.3. The molecule has 1 aliphatic carbocycles. The number of aryl methyl sites for hydroxylation is 1. The predicted octanol–water partition coefficient (Wildman–Crippen LogP) is 4.31. The number of halogens is 1. The lowest BCUT2D eigenvalue weighted by Gasteiger charge is -2.51. The molecule has 0 N–H and O–H groups in total. The van der Waals surface area contributed by atoms with Gasteiger partial charge in [0, 0.05) is 27.6 Å². The highest BCUT2D eigenvalue weighted by molar-refractivity contribution is 7.72. The van der Waals surface area contributed by atoms with E-state index in [9.17, 15) is 14.2 Å². The molecular formula is C23H21ClNO3P. The van der Waals surface area contributed by atoms with Crippen molar-refractivity contribution in [1.82, 2.24) is 0 Å². The van der Waals surface area contributed by atoms with Crippen molar-refractivity contribution in [2.24, 2.45) is 17.3 Å². The van der Waals surface area contributed by atoms with E-state index in [1.807, 2.05) is 44.2 Å². The van der Waals surface area contributed by atoms with Gasteiger partial charge >= 0.3 is 0 Å². The minimum atomic E-state index is -2.96. The molecule has 4 nitrogen and oxygen atoms in total. The standard InChI is InChI=1S/C23H21ClNO3P/c1-14-8-10-16(11-9-14)29(28)13-23(2)18(24)12-17(29)19-20(23)22(27)25(21(19)26)15-6-4-3-5-7-15/h3-12,17,19-20H,13H2,1-2H3/t17?,19-,20+,23?,29?/m1/s1. The zero-order valence-corrected chi connectivity index (χ0v) is 17.9. The van der Waals surface area contributed by atoms with Gasteiger partial charge in [-0.1, -0.05) is 72.6 Å². The van der Waals surface area contributed by atoms with Gasteiger partial charge in [-0.2, -0.15) is 0 Å². The number of fused-ring (bicyclic) bond motifs is 1. The molecule has 0 saturated carbocycles. The van der Waals surface area contributed by atoms with Crippen molar-refractivity contribution in [2.45, 2.75) is 19.5 Å². The van der Waals surface area contributed by atoms with E-state index in [-0.39, 0.29) is 11.8 Å². The van der Waals surface area contributed by atoms with E-state index < -0.39 is 30.1 Å². The lowest BCUT2D eigenvalue weighted by Crippen LogP contribution is -2.53. The van der Waals surface area contributed by atoms with Crippen molar-refractivity contribution in [3.05, 3.63) is 71.3 Å². The molecule has 0 aromatic heterocycles. The molecule has 3 unspecified atom stereocenters. The molecule has 29 heavy (non-hydrogen) atoms. The van der Waals surface area contributed by atoms with Crippen LogP contribution in [0.15, 0.2) is 65.7 Å². The summed E-state index contributed by atoms with van der Waals surface area (Å²) in [5, 5.41) is 1.31.